The van der Waals surface area contributed by atoms with Crippen LogP contribution in [0, 0.1) is 0 Å². The average molecular weight is 406 g/mol. The van der Waals surface area contributed by atoms with E-state index in [1.807, 2.05) is 0 Å². The van der Waals surface area contributed by atoms with Crippen LogP contribution in [0.15, 0.2) is 41.2 Å². The Hall–Kier alpha value is -3.47. The Morgan fingerprint density at radius 3 is 2.50 bits per heavy atom. The van der Waals surface area contributed by atoms with E-state index >= 15 is 0 Å². The molecule has 0 aliphatic rings. The lowest BCUT2D eigenvalue weighted by Gasteiger charge is -2.13. The van der Waals surface area contributed by atoms with Gasteiger partial charge in [0.25, 0.3) is 5.56 Å². The summed E-state index contributed by atoms with van der Waals surface area (Å²) in [6, 6.07) is 7.76. The molecule has 0 saturated heterocycles. The molecule has 0 aliphatic carbocycles. The van der Waals surface area contributed by atoms with Crippen LogP contribution < -0.4 is 11.3 Å². The first kappa shape index (κ1) is 17.9. The minimum absolute atomic E-state index is 0.0458. The number of rotatable bonds is 2. The molecule has 0 radical (unpaired) electrons. The van der Waals surface area contributed by atoms with Gasteiger partial charge in [-0.05, 0) is 36.4 Å². The second-order valence-corrected chi connectivity index (χ2v) is 6.84. The molecule has 2 aromatic heterocycles. The number of benzene rings is 2. The summed E-state index contributed by atoms with van der Waals surface area (Å²) in [6.45, 7) is 0. The summed E-state index contributed by atoms with van der Waals surface area (Å²) in [7, 11) is 0. The average Bonchev–Trinajstić information content (AvgIpc) is 3.03. The number of carboxylic acid groups (broad SMARTS) is 1. The van der Waals surface area contributed by atoms with E-state index in [4.69, 9.17) is 10.8 Å². The molecule has 28 heavy (non-hydrogen) atoms. The molecule has 0 spiro atoms. The van der Waals surface area contributed by atoms with Crippen LogP contribution in [0.25, 0.3) is 26.3 Å². The lowest BCUT2D eigenvalue weighted by Crippen LogP contribution is -2.28. The smallest absolute Gasteiger partial charge is 0.450 e. The van der Waals surface area contributed by atoms with Gasteiger partial charge in [0.15, 0.2) is 5.13 Å². The number of nitrogen functional groups attached to an aromatic ring is 1. The van der Waals surface area contributed by atoms with Gasteiger partial charge in [-0.1, -0.05) is 11.3 Å². The molecule has 0 fully saturated rings. The predicted octanol–water partition coefficient (Wildman–Crippen LogP) is 3.29. The van der Waals surface area contributed by atoms with Crippen LogP contribution in [0.4, 0.5) is 18.9 Å². The number of hydrogen-bond acceptors (Lipinski definition) is 6. The fourth-order valence-electron chi connectivity index (χ4n) is 2.71. The molecular weight excluding hydrogens is 397 g/mol. The fourth-order valence-corrected chi connectivity index (χ4v) is 3.72. The van der Waals surface area contributed by atoms with Crippen LogP contribution in [0.3, 0.4) is 0 Å². The zero-order chi connectivity index (χ0) is 20.2. The molecule has 142 valence electrons. The Balaban J connectivity index is 2.06. The summed E-state index contributed by atoms with van der Waals surface area (Å²) >= 11 is 0.756. The number of alkyl halides is 3. The number of carboxylic acids is 1. The maximum atomic E-state index is 13.6. The number of nitrogens with zero attached hydrogens (tertiary/aromatic N) is 3. The minimum Gasteiger partial charge on any atom is -0.478 e. The zero-order valence-corrected chi connectivity index (χ0v) is 14.5. The molecule has 4 rings (SSSR count). The molecule has 0 unspecified atom stereocenters. The summed E-state index contributed by atoms with van der Waals surface area (Å²) in [5.74, 6) is -2.61. The van der Waals surface area contributed by atoms with E-state index in [1.54, 1.807) is 0 Å². The highest BCUT2D eigenvalue weighted by Gasteiger charge is 2.38. The number of nitrogens with two attached hydrogens (primary N) is 1. The monoisotopic (exact) mass is 406 g/mol. The van der Waals surface area contributed by atoms with Gasteiger partial charge < -0.3 is 10.8 Å². The zero-order valence-electron chi connectivity index (χ0n) is 13.7. The van der Waals surface area contributed by atoms with Crippen LogP contribution in [0.5, 0.6) is 0 Å². The van der Waals surface area contributed by atoms with E-state index in [2.05, 4.69) is 9.97 Å². The highest BCUT2D eigenvalue weighted by Crippen LogP contribution is 2.32. The Kier molecular flexibility index (Phi) is 3.85. The first-order valence-electron chi connectivity index (χ1n) is 7.69. The Morgan fingerprint density at radius 2 is 1.82 bits per heavy atom. The van der Waals surface area contributed by atoms with E-state index in [9.17, 15) is 22.8 Å². The normalized spacial score (nSPS) is 12.0. The summed E-state index contributed by atoms with van der Waals surface area (Å²) in [5, 5.41) is 8.71. The van der Waals surface area contributed by atoms with Crippen molar-refractivity contribution in [1.82, 2.24) is 14.5 Å². The summed E-state index contributed by atoms with van der Waals surface area (Å²) in [6.07, 6.45) is -4.92. The van der Waals surface area contributed by atoms with Gasteiger partial charge in [0, 0.05) is 5.69 Å². The van der Waals surface area contributed by atoms with E-state index in [1.165, 1.54) is 36.4 Å². The number of hydrogen-bond donors (Lipinski definition) is 2. The number of anilines is 1. The summed E-state index contributed by atoms with van der Waals surface area (Å²) in [5.41, 5.74) is 4.95. The number of aromatic nitrogens is 3. The predicted molar refractivity (Wildman–Crippen MR) is 96.9 cm³/mol. The van der Waals surface area contributed by atoms with Crippen molar-refractivity contribution >= 4 is 44.1 Å². The largest absolute Gasteiger partial charge is 0.478 e. The molecular formula is C17H9F3N4O3S. The van der Waals surface area contributed by atoms with Crippen molar-refractivity contribution in [3.8, 4) is 5.13 Å². The molecule has 2 heterocycles. The third-order valence-corrected chi connectivity index (χ3v) is 4.96. The van der Waals surface area contributed by atoms with Crippen molar-refractivity contribution in [2.24, 2.45) is 0 Å². The SMILES string of the molecule is Nc1ccc2nc(C(F)(F)F)n(-c3nc4ccc(C(=O)O)cc4s3)c(=O)c2c1. The Morgan fingerprint density at radius 1 is 1.11 bits per heavy atom. The van der Waals surface area contributed by atoms with Crippen LogP contribution in [0.1, 0.15) is 16.2 Å². The molecule has 7 nitrogen and oxygen atoms in total. The van der Waals surface area contributed by atoms with Gasteiger partial charge in [0.1, 0.15) is 0 Å². The quantitative estimate of drug-likeness (QED) is 0.494. The topological polar surface area (TPSA) is 111 Å². The van der Waals surface area contributed by atoms with E-state index < -0.39 is 23.5 Å². The number of thiazole rings is 1. The van der Waals surface area contributed by atoms with Crippen molar-refractivity contribution in [3.05, 3.63) is 58.1 Å². The lowest BCUT2D eigenvalue weighted by molar-refractivity contribution is -0.146. The van der Waals surface area contributed by atoms with Crippen LogP contribution in [0.2, 0.25) is 0 Å². The highest BCUT2D eigenvalue weighted by molar-refractivity contribution is 7.20. The van der Waals surface area contributed by atoms with Gasteiger partial charge in [-0.3, -0.25) is 4.79 Å². The maximum Gasteiger partial charge on any atom is 0.450 e. The van der Waals surface area contributed by atoms with Gasteiger partial charge in [0.05, 0.1) is 26.7 Å². The first-order chi connectivity index (χ1) is 13.1. The number of carbonyl (C=O) groups is 1. The van der Waals surface area contributed by atoms with Crippen LogP contribution in [-0.2, 0) is 6.18 Å². The molecule has 0 atom stereocenters. The third-order valence-electron chi connectivity index (χ3n) is 3.96. The Bertz CT molecular complexity index is 1330. The summed E-state index contributed by atoms with van der Waals surface area (Å²) < 4.78 is 41.5. The lowest BCUT2D eigenvalue weighted by atomic mass is 10.2. The van der Waals surface area contributed by atoms with Gasteiger partial charge in [-0.15, -0.1) is 0 Å². The third kappa shape index (κ3) is 2.85. The van der Waals surface area contributed by atoms with Crippen LogP contribution in [-0.4, -0.2) is 25.6 Å². The molecule has 11 heteroatoms. The van der Waals surface area contributed by atoms with Gasteiger partial charge in [-0.2, -0.15) is 13.2 Å². The van der Waals surface area contributed by atoms with E-state index in [0.717, 1.165) is 11.3 Å². The van der Waals surface area contributed by atoms with Gasteiger partial charge in [-0.25, -0.2) is 19.3 Å². The number of fused-ring (bicyclic) bond motifs is 2. The molecule has 2 aromatic carbocycles. The molecule has 0 aliphatic heterocycles. The molecule has 3 N–H and O–H groups in total. The second-order valence-electron chi connectivity index (χ2n) is 5.83. The van der Waals surface area contributed by atoms with Crippen molar-refractivity contribution in [2.45, 2.75) is 6.18 Å². The molecule has 4 aromatic rings. The molecule has 0 saturated carbocycles. The molecule has 0 bridgehead atoms. The number of aromatic carboxylic acids is 1. The fraction of sp³-hybridized carbons (Fsp3) is 0.0588. The molecule has 0 amide bonds. The second kappa shape index (κ2) is 6.02. The standard InChI is InChI=1S/C17H9F3N4O3S/c18-17(19,20)15-22-10-4-2-8(21)6-9(10)13(25)24(15)16-23-11-3-1-7(14(26)27)5-12(11)28-16/h1-6H,21H2,(H,26,27). The Labute approximate surface area is 157 Å². The minimum atomic E-state index is -4.92. The van der Waals surface area contributed by atoms with Gasteiger partial charge in [0.2, 0.25) is 5.82 Å². The van der Waals surface area contributed by atoms with Gasteiger partial charge >= 0.3 is 12.1 Å². The maximum absolute atomic E-state index is 13.6. The van der Waals surface area contributed by atoms with Crippen molar-refractivity contribution < 1.29 is 23.1 Å². The van der Waals surface area contributed by atoms with Crippen LogP contribution >= 0.6 is 11.3 Å². The first-order valence-corrected chi connectivity index (χ1v) is 8.50. The number of halogens is 3. The van der Waals surface area contributed by atoms with E-state index in [-0.39, 0.29) is 32.8 Å². The van der Waals surface area contributed by atoms with Crippen molar-refractivity contribution in [3.63, 3.8) is 0 Å². The van der Waals surface area contributed by atoms with Crippen molar-refractivity contribution in [2.75, 3.05) is 5.73 Å². The van der Waals surface area contributed by atoms with E-state index in [0.29, 0.717) is 9.27 Å². The highest BCUT2D eigenvalue weighted by atomic mass is 32.1. The van der Waals surface area contributed by atoms with Crippen molar-refractivity contribution in [1.29, 1.82) is 0 Å². The summed E-state index contributed by atoms with van der Waals surface area (Å²) in [4.78, 5) is 31.6.